The van der Waals surface area contributed by atoms with Crippen molar-refractivity contribution in [1.82, 2.24) is 10.3 Å². The highest BCUT2D eigenvalue weighted by Gasteiger charge is 2.33. The normalized spacial score (nSPS) is 13.1. The van der Waals surface area contributed by atoms with E-state index in [2.05, 4.69) is 10.3 Å². The highest BCUT2D eigenvalue weighted by Crippen LogP contribution is 2.22. The summed E-state index contributed by atoms with van der Waals surface area (Å²) in [6.07, 6.45) is 1.35. The standard InChI is InChI=1S/C20H24N2O4/c1-14(2)20(3,12-18(23)24)22-19(25)16-9-10-21-17(11-16)26-13-15-7-5-4-6-8-15/h4-11,14H,12-13H2,1-3H3,(H,22,25)(H,23,24). The number of hydrogen-bond acceptors (Lipinski definition) is 4. The average molecular weight is 356 g/mol. The van der Waals surface area contributed by atoms with Gasteiger partial charge in [-0.1, -0.05) is 44.2 Å². The molecule has 0 saturated carbocycles. The first-order valence-corrected chi connectivity index (χ1v) is 8.47. The van der Waals surface area contributed by atoms with Crippen LogP contribution in [0, 0.1) is 5.92 Å². The highest BCUT2D eigenvalue weighted by molar-refractivity contribution is 5.95. The highest BCUT2D eigenvalue weighted by atomic mass is 16.5. The van der Waals surface area contributed by atoms with Crippen molar-refractivity contribution < 1.29 is 19.4 Å². The van der Waals surface area contributed by atoms with E-state index >= 15 is 0 Å². The lowest BCUT2D eigenvalue weighted by Crippen LogP contribution is -2.51. The largest absolute Gasteiger partial charge is 0.481 e. The van der Waals surface area contributed by atoms with Gasteiger partial charge in [-0.25, -0.2) is 4.98 Å². The van der Waals surface area contributed by atoms with E-state index in [4.69, 9.17) is 9.84 Å². The molecule has 2 N–H and O–H groups in total. The Morgan fingerprint density at radius 1 is 1.23 bits per heavy atom. The van der Waals surface area contributed by atoms with E-state index in [0.717, 1.165) is 5.56 Å². The molecule has 6 nitrogen and oxygen atoms in total. The number of carboxylic acids is 1. The first-order chi connectivity index (χ1) is 12.3. The molecule has 26 heavy (non-hydrogen) atoms. The lowest BCUT2D eigenvalue weighted by atomic mass is 9.85. The Morgan fingerprint density at radius 2 is 1.92 bits per heavy atom. The van der Waals surface area contributed by atoms with Crippen LogP contribution in [0.3, 0.4) is 0 Å². The second-order valence-electron chi connectivity index (χ2n) is 6.75. The average Bonchev–Trinajstić information content (AvgIpc) is 2.60. The van der Waals surface area contributed by atoms with Crippen molar-refractivity contribution >= 4 is 11.9 Å². The molecule has 0 fully saturated rings. The molecule has 0 spiro atoms. The number of rotatable bonds is 8. The second-order valence-corrected chi connectivity index (χ2v) is 6.75. The van der Waals surface area contributed by atoms with Crippen LogP contribution in [-0.4, -0.2) is 27.5 Å². The fraction of sp³-hybridized carbons (Fsp3) is 0.350. The molecule has 1 aromatic carbocycles. The maximum atomic E-state index is 12.6. The van der Waals surface area contributed by atoms with Crippen LogP contribution >= 0.6 is 0 Å². The molecule has 1 amide bonds. The molecule has 138 valence electrons. The molecule has 0 aliphatic carbocycles. The number of amides is 1. The van der Waals surface area contributed by atoms with E-state index in [0.29, 0.717) is 18.1 Å². The number of pyridine rings is 1. The van der Waals surface area contributed by atoms with Gasteiger partial charge in [-0.15, -0.1) is 0 Å². The van der Waals surface area contributed by atoms with Crippen LogP contribution in [-0.2, 0) is 11.4 Å². The number of hydrogen-bond donors (Lipinski definition) is 2. The van der Waals surface area contributed by atoms with Gasteiger partial charge in [-0.05, 0) is 24.5 Å². The third kappa shape index (κ3) is 5.31. The number of nitrogens with one attached hydrogen (secondary N) is 1. The number of aromatic nitrogens is 1. The van der Waals surface area contributed by atoms with E-state index in [1.807, 2.05) is 44.2 Å². The number of benzene rings is 1. The van der Waals surface area contributed by atoms with Gasteiger partial charge in [-0.2, -0.15) is 0 Å². The number of ether oxygens (including phenoxy) is 1. The van der Waals surface area contributed by atoms with E-state index < -0.39 is 11.5 Å². The van der Waals surface area contributed by atoms with Crippen molar-refractivity contribution in [2.24, 2.45) is 5.92 Å². The van der Waals surface area contributed by atoms with Crippen molar-refractivity contribution in [2.45, 2.75) is 39.3 Å². The second kappa shape index (κ2) is 8.47. The van der Waals surface area contributed by atoms with Crippen molar-refractivity contribution in [2.75, 3.05) is 0 Å². The number of carbonyl (C=O) groups excluding carboxylic acids is 1. The van der Waals surface area contributed by atoms with Gasteiger partial charge in [-0.3, -0.25) is 9.59 Å². The van der Waals surface area contributed by atoms with Crippen molar-refractivity contribution in [1.29, 1.82) is 0 Å². The summed E-state index contributed by atoms with van der Waals surface area (Å²) in [6, 6.07) is 12.8. The molecule has 2 aromatic rings. The molecule has 1 aromatic heterocycles. The summed E-state index contributed by atoms with van der Waals surface area (Å²) in [4.78, 5) is 27.8. The summed E-state index contributed by atoms with van der Waals surface area (Å²) >= 11 is 0. The fourth-order valence-electron chi connectivity index (χ4n) is 2.40. The van der Waals surface area contributed by atoms with Crippen molar-refractivity contribution in [3.05, 3.63) is 59.8 Å². The van der Waals surface area contributed by atoms with Gasteiger partial charge in [0.25, 0.3) is 5.91 Å². The Bertz CT molecular complexity index is 761. The van der Waals surface area contributed by atoms with Gasteiger partial charge in [0, 0.05) is 17.8 Å². The maximum Gasteiger partial charge on any atom is 0.305 e. The van der Waals surface area contributed by atoms with Crippen molar-refractivity contribution in [3.8, 4) is 5.88 Å². The van der Waals surface area contributed by atoms with Gasteiger partial charge in [0.2, 0.25) is 5.88 Å². The van der Waals surface area contributed by atoms with Gasteiger partial charge in [0.1, 0.15) is 6.61 Å². The SMILES string of the molecule is CC(C)C(C)(CC(=O)O)NC(=O)c1ccnc(OCc2ccccc2)c1. The molecule has 0 aliphatic heterocycles. The van der Waals surface area contributed by atoms with Gasteiger partial charge in [0.15, 0.2) is 0 Å². The molecule has 1 unspecified atom stereocenters. The molecular formula is C20H24N2O4. The summed E-state index contributed by atoms with van der Waals surface area (Å²) < 4.78 is 5.64. The molecular weight excluding hydrogens is 332 g/mol. The monoisotopic (exact) mass is 356 g/mol. The van der Waals surface area contributed by atoms with Crippen LogP contribution in [0.2, 0.25) is 0 Å². The van der Waals surface area contributed by atoms with Crippen LogP contribution in [0.15, 0.2) is 48.7 Å². The molecule has 0 radical (unpaired) electrons. The summed E-state index contributed by atoms with van der Waals surface area (Å²) in [5.74, 6) is -1.01. The predicted molar refractivity (Wildman–Crippen MR) is 98.0 cm³/mol. The van der Waals surface area contributed by atoms with E-state index in [1.54, 1.807) is 19.1 Å². The Kier molecular flexibility index (Phi) is 6.33. The third-order valence-corrected chi connectivity index (χ3v) is 4.42. The Hall–Kier alpha value is -2.89. The topological polar surface area (TPSA) is 88.5 Å². The van der Waals surface area contributed by atoms with Crippen LogP contribution < -0.4 is 10.1 Å². The zero-order valence-corrected chi connectivity index (χ0v) is 15.2. The lowest BCUT2D eigenvalue weighted by molar-refractivity contribution is -0.138. The van der Waals surface area contributed by atoms with E-state index in [-0.39, 0.29) is 18.2 Å². The molecule has 0 bridgehead atoms. The minimum Gasteiger partial charge on any atom is -0.481 e. The molecule has 0 aliphatic rings. The molecule has 1 atom stereocenters. The quantitative estimate of drug-likeness (QED) is 0.758. The zero-order valence-electron chi connectivity index (χ0n) is 15.2. The minimum absolute atomic E-state index is 0.0433. The van der Waals surface area contributed by atoms with E-state index in [9.17, 15) is 9.59 Å². The lowest BCUT2D eigenvalue weighted by Gasteiger charge is -2.33. The maximum absolute atomic E-state index is 12.6. The first-order valence-electron chi connectivity index (χ1n) is 8.47. The molecule has 6 heteroatoms. The predicted octanol–water partition coefficient (Wildman–Crippen LogP) is 3.28. The Morgan fingerprint density at radius 3 is 2.54 bits per heavy atom. The summed E-state index contributed by atoms with van der Waals surface area (Å²) in [5, 5.41) is 12.0. The smallest absolute Gasteiger partial charge is 0.305 e. The van der Waals surface area contributed by atoms with Crippen LogP contribution in [0.4, 0.5) is 0 Å². The summed E-state index contributed by atoms with van der Waals surface area (Å²) in [7, 11) is 0. The molecule has 1 heterocycles. The number of carbonyl (C=O) groups is 2. The molecule has 2 rings (SSSR count). The number of nitrogens with zero attached hydrogens (tertiary/aromatic N) is 1. The zero-order chi connectivity index (χ0) is 19.2. The molecule has 0 saturated heterocycles. The van der Waals surface area contributed by atoms with Crippen molar-refractivity contribution in [3.63, 3.8) is 0 Å². The third-order valence-electron chi connectivity index (χ3n) is 4.42. The van der Waals surface area contributed by atoms with Gasteiger partial charge in [0.05, 0.1) is 12.0 Å². The fourth-order valence-corrected chi connectivity index (χ4v) is 2.40. The summed E-state index contributed by atoms with van der Waals surface area (Å²) in [5.41, 5.74) is 0.523. The van der Waals surface area contributed by atoms with E-state index in [1.165, 1.54) is 6.20 Å². The van der Waals surface area contributed by atoms with Gasteiger partial charge >= 0.3 is 5.97 Å². The van der Waals surface area contributed by atoms with Crippen LogP contribution in [0.5, 0.6) is 5.88 Å². The minimum atomic E-state index is -0.955. The van der Waals surface area contributed by atoms with Crippen LogP contribution in [0.25, 0.3) is 0 Å². The van der Waals surface area contributed by atoms with Crippen LogP contribution in [0.1, 0.15) is 43.1 Å². The first kappa shape index (κ1) is 19.4. The Balaban J connectivity index is 2.08. The summed E-state index contributed by atoms with van der Waals surface area (Å²) in [6.45, 7) is 5.84. The number of carboxylic acid groups (broad SMARTS) is 1. The van der Waals surface area contributed by atoms with Gasteiger partial charge < -0.3 is 15.2 Å². The Labute approximate surface area is 153 Å². The number of aliphatic carboxylic acids is 1.